The summed E-state index contributed by atoms with van der Waals surface area (Å²) in [5.74, 6) is 1.67. The van der Waals surface area contributed by atoms with Crippen molar-refractivity contribution in [2.45, 2.75) is 27.2 Å². The SMILES string of the molecule is CCN(CC)C(=O)CN(CCC#N)c1cc(C)nc(-c2ncc[nH]2)n1. The van der Waals surface area contributed by atoms with Gasteiger partial charge in [-0.05, 0) is 20.8 Å². The number of hydrogen-bond acceptors (Lipinski definition) is 6. The largest absolute Gasteiger partial charge is 0.346 e. The molecule has 0 saturated carbocycles. The van der Waals surface area contributed by atoms with Gasteiger partial charge in [0.2, 0.25) is 5.91 Å². The fourth-order valence-corrected chi connectivity index (χ4v) is 2.51. The van der Waals surface area contributed by atoms with Crippen molar-refractivity contribution in [1.82, 2.24) is 24.8 Å². The summed E-state index contributed by atoms with van der Waals surface area (Å²) >= 11 is 0. The van der Waals surface area contributed by atoms with Gasteiger partial charge in [-0.3, -0.25) is 4.79 Å². The lowest BCUT2D eigenvalue weighted by atomic mass is 10.3. The highest BCUT2D eigenvalue weighted by atomic mass is 16.2. The predicted octanol–water partition coefficient (Wildman–Crippen LogP) is 1.76. The Labute approximate surface area is 147 Å². The first kappa shape index (κ1) is 18.4. The Morgan fingerprint density at radius 3 is 2.68 bits per heavy atom. The minimum atomic E-state index is 0.0127. The molecule has 0 bridgehead atoms. The summed E-state index contributed by atoms with van der Waals surface area (Å²) in [6, 6.07) is 3.95. The predicted molar refractivity (Wildman–Crippen MR) is 94.7 cm³/mol. The molecule has 0 fully saturated rings. The summed E-state index contributed by atoms with van der Waals surface area (Å²) in [6.07, 6.45) is 3.65. The van der Waals surface area contributed by atoms with E-state index < -0.39 is 0 Å². The van der Waals surface area contributed by atoms with Crippen LogP contribution in [0, 0.1) is 18.3 Å². The molecule has 0 aliphatic heterocycles. The van der Waals surface area contributed by atoms with Crippen LogP contribution in [0.3, 0.4) is 0 Å². The number of anilines is 1. The van der Waals surface area contributed by atoms with E-state index in [0.29, 0.717) is 43.5 Å². The first-order valence-electron chi connectivity index (χ1n) is 8.34. The zero-order valence-corrected chi connectivity index (χ0v) is 14.9. The van der Waals surface area contributed by atoms with E-state index >= 15 is 0 Å². The number of imidazole rings is 1. The Bertz CT molecular complexity index is 732. The molecule has 2 rings (SSSR count). The van der Waals surface area contributed by atoms with Gasteiger partial charge in [0, 0.05) is 43.8 Å². The monoisotopic (exact) mass is 341 g/mol. The van der Waals surface area contributed by atoms with Crippen molar-refractivity contribution in [1.29, 1.82) is 5.26 Å². The lowest BCUT2D eigenvalue weighted by Crippen LogP contribution is -2.41. The van der Waals surface area contributed by atoms with Gasteiger partial charge in [-0.1, -0.05) is 0 Å². The van der Waals surface area contributed by atoms with Crippen LogP contribution in [-0.4, -0.2) is 56.9 Å². The minimum Gasteiger partial charge on any atom is -0.346 e. The van der Waals surface area contributed by atoms with Crippen molar-refractivity contribution in [3.63, 3.8) is 0 Å². The van der Waals surface area contributed by atoms with E-state index in [2.05, 4.69) is 26.0 Å². The molecule has 2 aromatic heterocycles. The number of H-pyrrole nitrogens is 1. The van der Waals surface area contributed by atoms with Gasteiger partial charge in [0.1, 0.15) is 5.82 Å². The van der Waals surface area contributed by atoms with Crippen LogP contribution in [0.1, 0.15) is 26.0 Å². The summed E-state index contributed by atoms with van der Waals surface area (Å²) in [4.78, 5) is 32.2. The number of nitrogens with one attached hydrogen (secondary N) is 1. The second-order valence-electron chi connectivity index (χ2n) is 5.52. The van der Waals surface area contributed by atoms with Crippen molar-refractivity contribution in [2.75, 3.05) is 31.1 Å². The fourth-order valence-electron chi connectivity index (χ4n) is 2.51. The Balaban J connectivity index is 2.31. The molecule has 0 radical (unpaired) electrons. The van der Waals surface area contributed by atoms with Crippen LogP contribution >= 0.6 is 0 Å². The molecule has 0 atom stereocenters. The standard InChI is InChI=1S/C17H23N7O/c1-4-23(5-2)15(25)12-24(10-6-7-18)14-11-13(3)21-17(22-14)16-19-8-9-20-16/h8-9,11H,4-6,10,12H2,1-3H3,(H,19,20). The van der Waals surface area contributed by atoms with Gasteiger partial charge >= 0.3 is 0 Å². The molecule has 0 aliphatic rings. The summed E-state index contributed by atoms with van der Waals surface area (Å²) in [5, 5.41) is 8.94. The van der Waals surface area contributed by atoms with Gasteiger partial charge in [0.25, 0.3) is 0 Å². The number of hydrogen-bond donors (Lipinski definition) is 1. The Hall–Kier alpha value is -2.95. The molecule has 0 aliphatic carbocycles. The zero-order valence-electron chi connectivity index (χ0n) is 14.9. The van der Waals surface area contributed by atoms with E-state index in [4.69, 9.17) is 5.26 Å². The van der Waals surface area contributed by atoms with Crippen LogP contribution in [0.25, 0.3) is 11.6 Å². The van der Waals surface area contributed by atoms with Crippen molar-refractivity contribution < 1.29 is 4.79 Å². The number of aromatic amines is 1. The molecule has 2 heterocycles. The molecule has 8 heteroatoms. The first-order valence-corrected chi connectivity index (χ1v) is 8.34. The molecule has 25 heavy (non-hydrogen) atoms. The van der Waals surface area contributed by atoms with Gasteiger partial charge in [0.05, 0.1) is 19.0 Å². The molecule has 0 aromatic carbocycles. The Morgan fingerprint density at radius 1 is 1.32 bits per heavy atom. The third-order valence-electron chi connectivity index (χ3n) is 3.81. The number of carbonyl (C=O) groups is 1. The normalized spacial score (nSPS) is 10.3. The fraction of sp³-hybridized carbons (Fsp3) is 0.471. The number of amides is 1. The summed E-state index contributed by atoms with van der Waals surface area (Å²) < 4.78 is 0. The average molecular weight is 341 g/mol. The van der Waals surface area contributed by atoms with Crippen molar-refractivity contribution >= 4 is 11.7 Å². The van der Waals surface area contributed by atoms with Crippen molar-refractivity contribution in [3.8, 4) is 17.7 Å². The van der Waals surface area contributed by atoms with Crippen LogP contribution < -0.4 is 4.90 Å². The molecular weight excluding hydrogens is 318 g/mol. The van der Waals surface area contributed by atoms with E-state index in [1.54, 1.807) is 17.3 Å². The van der Waals surface area contributed by atoms with E-state index in [0.717, 1.165) is 5.69 Å². The van der Waals surface area contributed by atoms with Crippen LogP contribution in [0.2, 0.25) is 0 Å². The second kappa shape index (κ2) is 8.78. The van der Waals surface area contributed by atoms with E-state index in [1.807, 2.05) is 31.7 Å². The molecule has 0 unspecified atom stereocenters. The lowest BCUT2D eigenvalue weighted by molar-refractivity contribution is -0.129. The Kier molecular flexibility index (Phi) is 6.46. The van der Waals surface area contributed by atoms with Gasteiger partial charge in [0.15, 0.2) is 11.6 Å². The van der Waals surface area contributed by atoms with Crippen LogP contribution in [0.5, 0.6) is 0 Å². The molecule has 132 valence electrons. The number of nitrogens with zero attached hydrogens (tertiary/aromatic N) is 6. The van der Waals surface area contributed by atoms with Crippen LogP contribution in [-0.2, 0) is 4.79 Å². The van der Waals surface area contributed by atoms with Gasteiger partial charge in [-0.2, -0.15) is 5.26 Å². The second-order valence-corrected chi connectivity index (χ2v) is 5.52. The maximum absolute atomic E-state index is 12.5. The van der Waals surface area contributed by atoms with Gasteiger partial charge < -0.3 is 14.8 Å². The third kappa shape index (κ3) is 4.76. The van der Waals surface area contributed by atoms with Gasteiger partial charge in [-0.15, -0.1) is 0 Å². The number of likely N-dealkylation sites (N-methyl/N-ethyl adjacent to an activating group) is 1. The highest BCUT2D eigenvalue weighted by molar-refractivity contribution is 5.81. The average Bonchev–Trinajstić information content (AvgIpc) is 3.13. The number of carbonyl (C=O) groups excluding carboxylic acids is 1. The summed E-state index contributed by atoms with van der Waals surface area (Å²) in [7, 11) is 0. The third-order valence-corrected chi connectivity index (χ3v) is 3.81. The van der Waals surface area contributed by atoms with Crippen LogP contribution in [0.4, 0.5) is 5.82 Å². The molecule has 1 N–H and O–H groups in total. The number of nitriles is 1. The van der Waals surface area contributed by atoms with Crippen LogP contribution in [0.15, 0.2) is 18.5 Å². The van der Waals surface area contributed by atoms with E-state index in [-0.39, 0.29) is 12.5 Å². The van der Waals surface area contributed by atoms with E-state index in [1.165, 1.54) is 0 Å². The van der Waals surface area contributed by atoms with Gasteiger partial charge in [-0.25, -0.2) is 15.0 Å². The maximum Gasteiger partial charge on any atom is 0.242 e. The highest BCUT2D eigenvalue weighted by Gasteiger charge is 2.18. The van der Waals surface area contributed by atoms with Crippen molar-refractivity contribution in [2.24, 2.45) is 0 Å². The number of aromatic nitrogens is 4. The first-order chi connectivity index (χ1) is 12.1. The minimum absolute atomic E-state index is 0.0127. The summed E-state index contributed by atoms with van der Waals surface area (Å²) in [6.45, 7) is 7.68. The summed E-state index contributed by atoms with van der Waals surface area (Å²) in [5.41, 5.74) is 0.772. The quantitative estimate of drug-likeness (QED) is 0.785. The van der Waals surface area contributed by atoms with Crippen molar-refractivity contribution in [3.05, 3.63) is 24.2 Å². The Morgan fingerprint density at radius 2 is 2.08 bits per heavy atom. The molecule has 8 nitrogen and oxygen atoms in total. The highest BCUT2D eigenvalue weighted by Crippen LogP contribution is 2.18. The maximum atomic E-state index is 12.5. The molecule has 2 aromatic rings. The molecule has 1 amide bonds. The number of aryl methyl sites for hydroxylation is 1. The van der Waals surface area contributed by atoms with E-state index in [9.17, 15) is 4.79 Å². The molecular formula is C17H23N7O. The zero-order chi connectivity index (χ0) is 18.2. The topological polar surface area (TPSA) is 102 Å². The molecule has 0 spiro atoms. The lowest BCUT2D eigenvalue weighted by Gasteiger charge is -2.26. The molecule has 0 saturated heterocycles. The smallest absolute Gasteiger partial charge is 0.242 e. The number of rotatable bonds is 8.